The topological polar surface area (TPSA) is 104 Å². The van der Waals surface area contributed by atoms with E-state index in [-0.39, 0.29) is 0 Å². The molecular weight excluding hydrogens is 358 g/mol. The van der Waals surface area contributed by atoms with E-state index in [1.807, 2.05) is 42.5 Å². The fraction of sp³-hybridized carbons (Fsp3) is 0.429. The van der Waals surface area contributed by atoms with Gasteiger partial charge in [0, 0.05) is 12.7 Å². The van der Waals surface area contributed by atoms with Crippen molar-refractivity contribution in [1.29, 1.82) is 0 Å². The Hall–Kier alpha value is -2.64. The highest BCUT2D eigenvalue weighted by atomic mass is 16.5. The summed E-state index contributed by atoms with van der Waals surface area (Å²) in [7, 11) is 0. The predicted molar refractivity (Wildman–Crippen MR) is 107 cm³/mol. The number of aliphatic hydroxyl groups excluding tert-OH is 1. The number of hydrogen-bond donors (Lipinski definition) is 4. The van der Waals surface area contributed by atoms with Gasteiger partial charge in [0.25, 0.3) is 0 Å². The first-order valence-corrected chi connectivity index (χ1v) is 9.44. The van der Waals surface area contributed by atoms with Crippen LogP contribution in [0.3, 0.4) is 0 Å². The number of aromatic nitrogens is 1. The average molecular weight is 387 g/mol. The lowest BCUT2D eigenvalue weighted by Crippen LogP contribution is -2.48. The van der Waals surface area contributed by atoms with Crippen LogP contribution in [0.2, 0.25) is 0 Å². The van der Waals surface area contributed by atoms with Crippen LogP contribution in [0.4, 0.5) is 4.79 Å². The Morgan fingerprint density at radius 2 is 1.89 bits per heavy atom. The second-order valence-corrected chi connectivity index (χ2v) is 7.13. The molecule has 152 valence electrons. The minimum atomic E-state index is -1.15. The number of benzene rings is 1. The van der Waals surface area contributed by atoms with Crippen molar-refractivity contribution in [2.45, 2.75) is 39.0 Å². The van der Waals surface area contributed by atoms with Crippen LogP contribution in [-0.2, 0) is 13.0 Å². The van der Waals surface area contributed by atoms with Gasteiger partial charge < -0.3 is 25.6 Å². The van der Waals surface area contributed by atoms with Gasteiger partial charge in [0.15, 0.2) is 0 Å². The second-order valence-electron chi connectivity index (χ2n) is 7.13. The normalized spacial score (nSPS) is 13.1. The third-order valence-corrected chi connectivity index (χ3v) is 4.17. The molecule has 1 aromatic heterocycles. The van der Waals surface area contributed by atoms with Crippen molar-refractivity contribution in [3.63, 3.8) is 0 Å². The Bertz CT molecular complexity index is 707. The first kappa shape index (κ1) is 21.7. The van der Waals surface area contributed by atoms with Crippen LogP contribution in [0.1, 0.15) is 25.1 Å². The number of ether oxygens (including phenoxy) is 1. The molecule has 1 amide bonds. The van der Waals surface area contributed by atoms with Crippen molar-refractivity contribution in [1.82, 2.24) is 15.6 Å². The number of nitrogens with zero attached hydrogens (tertiary/aromatic N) is 1. The first-order valence-electron chi connectivity index (χ1n) is 9.44. The largest absolute Gasteiger partial charge is 0.487 e. The van der Waals surface area contributed by atoms with Crippen molar-refractivity contribution in [2.24, 2.45) is 5.92 Å². The summed E-state index contributed by atoms with van der Waals surface area (Å²) in [6.45, 7) is 5.62. The molecule has 1 heterocycles. The molecule has 0 aliphatic rings. The van der Waals surface area contributed by atoms with Crippen molar-refractivity contribution >= 4 is 6.09 Å². The molecule has 0 unspecified atom stereocenters. The molecule has 7 nitrogen and oxygen atoms in total. The Morgan fingerprint density at radius 3 is 2.50 bits per heavy atom. The number of carboxylic acid groups (broad SMARTS) is 1. The molecule has 0 fully saturated rings. The number of nitrogens with one attached hydrogen (secondary N) is 2. The van der Waals surface area contributed by atoms with Gasteiger partial charge in [-0.25, -0.2) is 4.79 Å². The van der Waals surface area contributed by atoms with Crippen molar-refractivity contribution < 1.29 is 19.7 Å². The molecule has 28 heavy (non-hydrogen) atoms. The number of carbonyl (C=O) groups is 1. The first-order chi connectivity index (χ1) is 13.4. The fourth-order valence-corrected chi connectivity index (χ4v) is 2.72. The molecule has 2 rings (SSSR count). The maximum absolute atomic E-state index is 11.1. The van der Waals surface area contributed by atoms with Gasteiger partial charge in [-0.15, -0.1) is 0 Å². The summed E-state index contributed by atoms with van der Waals surface area (Å²) in [5, 5.41) is 25.0. The molecule has 0 aliphatic heterocycles. The maximum Gasteiger partial charge on any atom is 0.404 e. The summed E-state index contributed by atoms with van der Waals surface area (Å²) in [5.41, 5.74) is 1.75. The van der Waals surface area contributed by atoms with Crippen LogP contribution < -0.4 is 15.4 Å². The summed E-state index contributed by atoms with van der Waals surface area (Å²) in [4.78, 5) is 15.3. The van der Waals surface area contributed by atoms with E-state index in [1.165, 1.54) is 0 Å². The lowest BCUT2D eigenvalue weighted by atomic mass is 10.0. The number of amides is 1. The standard InChI is InChI=1S/C21H29N3O4/c1-15(2)12-22-13-20(25)19(24-21(26)27)11-16-6-8-18(9-7-16)28-14-17-5-3-4-10-23-17/h3-10,15,19-20,22,24-25H,11-14H2,1-2H3,(H,26,27)/t19-,20-/m0/s1. The fourth-order valence-electron chi connectivity index (χ4n) is 2.72. The van der Waals surface area contributed by atoms with E-state index in [2.05, 4.69) is 29.5 Å². The molecule has 4 N–H and O–H groups in total. The molecule has 0 saturated heterocycles. The molecule has 0 spiro atoms. The summed E-state index contributed by atoms with van der Waals surface area (Å²) in [6, 6.07) is 12.5. The third kappa shape index (κ3) is 7.94. The van der Waals surface area contributed by atoms with Crippen LogP contribution in [0.15, 0.2) is 48.7 Å². The van der Waals surface area contributed by atoms with E-state index in [4.69, 9.17) is 9.84 Å². The van der Waals surface area contributed by atoms with Crippen molar-refractivity contribution in [2.75, 3.05) is 13.1 Å². The van der Waals surface area contributed by atoms with E-state index in [9.17, 15) is 9.90 Å². The number of hydrogen-bond acceptors (Lipinski definition) is 5. The van der Waals surface area contributed by atoms with Crippen LogP contribution in [-0.4, -0.2) is 46.5 Å². The monoisotopic (exact) mass is 387 g/mol. The minimum absolute atomic E-state index is 0.328. The van der Waals surface area contributed by atoms with Gasteiger partial charge in [-0.05, 0) is 48.7 Å². The maximum atomic E-state index is 11.1. The average Bonchev–Trinajstić information content (AvgIpc) is 2.67. The van der Waals surface area contributed by atoms with E-state index < -0.39 is 18.2 Å². The molecule has 0 saturated carbocycles. The molecule has 2 aromatic rings. The highest BCUT2D eigenvalue weighted by molar-refractivity contribution is 5.65. The van der Waals surface area contributed by atoms with Gasteiger partial charge in [0.1, 0.15) is 12.4 Å². The zero-order valence-electron chi connectivity index (χ0n) is 16.3. The lowest BCUT2D eigenvalue weighted by molar-refractivity contribution is 0.117. The SMILES string of the molecule is CC(C)CNC[C@H](O)[C@H](Cc1ccc(OCc2ccccn2)cc1)NC(=O)O. The lowest BCUT2D eigenvalue weighted by Gasteiger charge is -2.24. The van der Waals surface area contributed by atoms with Gasteiger partial charge in [-0.3, -0.25) is 4.98 Å². The third-order valence-electron chi connectivity index (χ3n) is 4.17. The summed E-state index contributed by atoms with van der Waals surface area (Å²) in [5.74, 6) is 1.16. The van der Waals surface area contributed by atoms with Gasteiger partial charge in [0.2, 0.25) is 0 Å². The summed E-state index contributed by atoms with van der Waals surface area (Å²) in [6.07, 6.45) is 0.133. The number of aliphatic hydroxyl groups is 1. The van der Waals surface area contributed by atoms with Crippen LogP contribution in [0.25, 0.3) is 0 Å². The molecule has 0 aliphatic carbocycles. The van der Waals surface area contributed by atoms with Gasteiger partial charge in [-0.1, -0.05) is 32.0 Å². The van der Waals surface area contributed by atoms with Crippen molar-refractivity contribution in [3.05, 3.63) is 59.9 Å². The van der Waals surface area contributed by atoms with E-state index in [0.29, 0.717) is 31.2 Å². The Morgan fingerprint density at radius 1 is 1.14 bits per heavy atom. The van der Waals surface area contributed by atoms with E-state index >= 15 is 0 Å². The van der Waals surface area contributed by atoms with E-state index in [0.717, 1.165) is 17.8 Å². The Labute approximate surface area is 165 Å². The van der Waals surface area contributed by atoms with Crippen LogP contribution in [0.5, 0.6) is 5.75 Å². The molecule has 0 radical (unpaired) electrons. The minimum Gasteiger partial charge on any atom is -0.487 e. The molecule has 7 heteroatoms. The summed E-state index contributed by atoms with van der Waals surface area (Å²) < 4.78 is 5.71. The zero-order valence-corrected chi connectivity index (χ0v) is 16.3. The Kier molecular flexibility index (Phi) is 8.71. The molecule has 0 bridgehead atoms. The smallest absolute Gasteiger partial charge is 0.404 e. The highest BCUT2D eigenvalue weighted by Gasteiger charge is 2.21. The second kappa shape index (κ2) is 11.3. The van der Waals surface area contributed by atoms with Crippen molar-refractivity contribution in [3.8, 4) is 5.75 Å². The highest BCUT2D eigenvalue weighted by Crippen LogP contribution is 2.15. The predicted octanol–water partition coefficient (Wildman–Crippen LogP) is 2.45. The van der Waals surface area contributed by atoms with Gasteiger partial charge >= 0.3 is 6.09 Å². The quantitative estimate of drug-likeness (QED) is 0.472. The zero-order chi connectivity index (χ0) is 20.4. The molecule has 1 aromatic carbocycles. The molecular formula is C21H29N3O4. The summed E-state index contributed by atoms with van der Waals surface area (Å²) >= 11 is 0. The Balaban J connectivity index is 1.90. The van der Waals surface area contributed by atoms with Crippen LogP contribution in [0, 0.1) is 5.92 Å². The number of rotatable bonds is 11. The van der Waals surface area contributed by atoms with Gasteiger partial charge in [0.05, 0.1) is 17.8 Å². The van der Waals surface area contributed by atoms with E-state index in [1.54, 1.807) is 6.20 Å². The molecule has 2 atom stereocenters. The van der Waals surface area contributed by atoms with Gasteiger partial charge in [-0.2, -0.15) is 0 Å². The number of pyridine rings is 1. The van der Waals surface area contributed by atoms with Crippen LogP contribution >= 0.6 is 0 Å².